The summed E-state index contributed by atoms with van der Waals surface area (Å²) in [5.41, 5.74) is 2.38. The molecule has 134 valence electrons. The van der Waals surface area contributed by atoms with E-state index in [1.807, 2.05) is 13.0 Å². The van der Waals surface area contributed by atoms with Crippen LogP contribution in [0.15, 0.2) is 23.1 Å². The van der Waals surface area contributed by atoms with E-state index in [1.54, 1.807) is 30.9 Å². The van der Waals surface area contributed by atoms with Crippen molar-refractivity contribution in [3.05, 3.63) is 39.9 Å². The maximum absolute atomic E-state index is 12.9. The Kier molecular flexibility index (Phi) is 4.90. The van der Waals surface area contributed by atoms with Crippen LogP contribution in [0.3, 0.4) is 0 Å². The van der Waals surface area contributed by atoms with Crippen LogP contribution in [0.25, 0.3) is 0 Å². The standard InChI is InChI=1S/C16H20N4O3S2/c1-11-4-5-14(12(2)10-11)25(22,23)20-8-6-19(7-9-20)16(21)15-13(3)17-18-24-15/h4-5,10H,6-9H2,1-3H3. The zero-order valence-corrected chi connectivity index (χ0v) is 16.0. The van der Waals surface area contributed by atoms with Gasteiger partial charge in [-0.1, -0.05) is 22.2 Å². The molecule has 2 heterocycles. The van der Waals surface area contributed by atoms with Gasteiger partial charge in [-0.25, -0.2) is 8.42 Å². The fourth-order valence-corrected chi connectivity index (χ4v) is 5.18. The molecule has 3 rings (SSSR count). The molecule has 1 aliphatic heterocycles. The largest absolute Gasteiger partial charge is 0.335 e. The lowest BCUT2D eigenvalue weighted by molar-refractivity contribution is 0.0702. The molecule has 0 N–H and O–H groups in total. The Balaban J connectivity index is 1.73. The minimum atomic E-state index is -3.55. The van der Waals surface area contributed by atoms with E-state index in [2.05, 4.69) is 9.59 Å². The van der Waals surface area contributed by atoms with E-state index in [0.717, 1.165) is 22.7 Å². The fourth-order valence-electron chi connectivity index (χ4n) is 2.93. The van der Waals surface area contributed by atoms with Crippen LogP contribution in [0.5, 0.6) is 0 Å². The molecule has 0 saturated carbocycles. The number of piperazine rings is 1. The zero-order chi connectivity index (χ0) is 18.2. The van der Waals surface area contributed by atoms with E-state index in [0.29, 0.717) is 28.6 Å². The highest BCUT2D eigenvalue weighted by Gasteiger charge is 2.32. The van der Waals surface area contributed by atoms with Gasteiger partial charge in [0.1, 0.15) is 4.88 Å². The van der Waals surface area contributed by atoms with Gasteiger partial charge in [-0.2, -0.15) is 4.31 Å². The SMILES string of the molecule is Cc1ccc(S(=O)(=O)N2CCN(C(=O)c3snnc3C)CC2)c(C)c1. The van der Waals surface area contributed by atoms with Gasteiger partial charge in [0, 0.05) is 26.2 Å². The van der Waals surface area contributed by atoms with Crippen molar-refractivity contribution in [3.63, 3.8) is 0 Å². The van der Waals surface area contributed by atoms with E-state index in [1.165, 1.54) is 4.31 Å². The van der Waals surface area contributed by atoms with Gasteiger partial charge in [-0.05, 0) is 43.9 Å². The normalized spacial score (nSPS) is 16.2. The molecule has 1 fully saturated rings. The van der Waals surface area contributed by atoms with Crippen LogP contribution in [0.4, 0.5) is 0 Å². The summed E-state index contributed by atoms with van der Waals surface area (Å²) in [6, 6.07) is 5.33. The van der Waals surface area contributed by atoms with Crippen molar-refractivity contribution in [2.45, 2.75) is 25.7 Å². The molecule has 25 heavy (non-hydrogen) atoms. The third kappa shape index (κ3) is 3.44. The molecule has 1 saturated heterocycles. The number of sulfonamides is 1. The Morgan fingerprint density at radius 3 is 2.36 bits per heavy atom. The van der Waals surface area contributed by atoms with Crippen molar-refractivity contribution in [2.75, 3.05) is 26.2 Å². The highest BCUT2D eigenvalue weighted by Crippen LogP contribution is 2.23. The van der Waals surface area contributed by atoms with Gasteiger partial charge in [0.2, 0.25) is 10.0 Å². The summed E-state index contributed by atoms with van der Waals surface area (Å²) < 4.78 is 31.0. The molecule has 0 aliphatic carbocycles. The van der Waals surface area contributed by atoms with E-state index in [4.69, 9.17) is 0 Å². The minimum absolute atomic E-state index is 0.129. The Labute approximate surface area is 151 Å². The Bertz CT molecular complexity index is 900. The number of carbonyl (C=O) groups is 1. The van der Waals surface area contributed by atoms with Crippen molar-refractivity contribution >= 4 is 27.5 Å². The first kappa shape index (κ1) is 18.0. The lowest BCUT2D eigenvalue weighted by Gasteiger charge is -2.34. The summed E-state index contributed by atoms with van der Waals surface area (Å²) in [6.45, 7) is 6.78. The number of amides is 1. The molecule has 1 aliphatic rings. The molecule has 1 aromatic carbocycles. The Hall–Kier alpha value is -1.84. The minimum Gasteiger partial charge on any atom is -0.335 e. The molecular formula is C16H20N4O3S2. The summed E-state index contributed by atoms with van der Waals surface area (Å²) in [5, 5.41) is 3.86. The van der Waals surface area contributed by atoms with Gasteiger partial charge in [0.05, 0.1) is 10.6 Å². The highest BCUT2D eigenvalue weighted by atomic mass is 32.2. The van der Waals surface area contributed by atoms with Gasteiger partial charge in [0.25, 0.3) is 5.91 Å². The Morgan fingerprint density at radius 1 is 1.12 bits per heavy atom. The summed E-state index contributed by atoms with van der Waals surface area (Å²) in [4.78, 5) is 15.0. The van der Waals surface area contributed by atoms with Crippen molar-refractivity contribution < 1.29 is 13.2 Å². The number of aromatic nitrogens is 2. The number of hydrogen-bond acceptors (Lipinski definition) is 6. The highest BCUT2D eigenvalue weighted by molar-refractivity contribution is 7.89. The van der Waals surface area contributed by atoms with E-state index < -0.39 is 10.0 Å². The summed E-state index contributed by atoms with van der Waals surface area (Å²) in [7, 11) is -3.55. The fraction of sp³-hybridized carbons (Fsp3) is 0.438. The number of carbonyl (C=O) groups excluding carboxylic acids is 1. The maximum Gasteiger partial charge on any atom is 0.267 e. The van der Waals surface area contributed by atoms with E-state index in [-0.39, 0.29) is 19.0 Å². The molecule has 9 heteroatoms. The Morgan fingerprint density at radius 2 is 1.80 bits per heavy atom. The van der Waals surface area contributed by atoms with Crippen molar-refractivity contribution in [3.8, 4) is 0 Å². The second-order valence-corrected chi connectivity index (χ2v) is 8.81. The van der Waals surface area contributed by atoms with Crippen LogP contribution < -0.4 is 0 Å². The number of benzene rings is 1. The van der Waals surface area contributed by atoms with E-state index >= 15 is 0 Å². The molecule has 1 amide bonds. The smallest absolute Gasteiger partial charge is 0.267 e. The van der Waals surface area contributed by atoms with Gasteiger partial charge in [0.15, 0.2) is 0 Å². The number of rotatable bonds is 3. The molecule has 0 radical (unpaired) electrons. The lowest BCUT2D eigenvalue weighted by atomic mass is 10.2. The average Bonchev–Trinajstić information content (AvgIpc) is 3.00. The summed E-state index contributed by atoms with van der Waals surface area (Å²) >= 11 is 1.07. The predicted octanol–water partition coefficient (Wildman–Crippen LogP) is 1.61. The third-order valence-corrected chi connectivity index (χ3v) is 7.19. The zero-order valence-electron chi connectivity index (χ0n) is 14.4. The van der Waals surface area contributed by atoms with Crippen LogP contribution >= 0.6 is 11.5 Å². The van der Waals surface area contributed by atoms with Crippen molar-refractivity contribution in [1.82, 2.24) is 18.8 Å². The van der Waals surface area contributed by atoms with Crippen LogP contribution in [0, 0.1) is 20.8 Å². The predicted molar refractivity (Wildman–Crippen MR) is 95.2 cm³/mol. The molecular weight excluding hydrogens is 360 g/mol. The van der Waals surface area contributed by atoms with Crippen molar-refractivity contribution in [2.24, 2.45) is 0 Å². The molecule has 7 nitrogen and oxygen atoms in total. The first-order valence-corrected chi connectivity index (χ1v) is 10.2. The molecule has 0 atom stereocenters. The van der Waals surface area contributed by atoms with Gasteiger partial charge < -0.3 is 4.90 Å². The van der Waals surface area contributed by atoms with Crippen molar-refractivity contribution in [1.29, 1.82) is 0 Å². The maximum atomic E-state index is 12.9. The lowest BCUT2D eigenvalue weighted by Crippen LogP contribution is -2.50. The van der Waals surface area contributed by atoms with Crippen LogP contribution in [-0.2, 0) is 10.0 Å². The van der Waals surface area contributed by atoms with Gasteiger partial charge in [-0.3, -0.25) is 4.79 Å². The quantitative estimate of drug-likeness (QED) is 0.808. The summed E-state index contributed by atoms with van der Waals surface area (Å²) in [5.74, 6) is -0.129. The topological polar surface area (TPSA) is 83.5 Å². The monoisotopic (exact) mass is 380 g/mol. The number of aryl methyl sites for hydroxylation is 3. The second kappa shape index (κ2) is 6.81. The average molecular weight is 380 g/mol. The van der Waals surface area contributed by atoms with Crippen LogP contribution in [0.2, 0.25) is 0 Å². The van der Waals surface area contributed by atoms with Gasteiger partial charge in [-0.15, -0.1) is 5.10 Å². The van der Waals surface area contributed by atoms with Crippen LogP contribution in [0.1, 0.15) is 26.5 Å². The number of nitrogens with zero attached hydrogens (tertiary/aromatic N) is 4. The first-order chi connectivity index (χ1) is 11.8. The molecule has 1 aromatic heterocycles. The molecule has 0 bridgehead atoms. The van der Waals surface area contributed by atoms with Gasteiger partial charge >= 0.3 is 0 Å². The molecule has 0 unspecified atom stereocenters. The third-order valence-electron chi connectivity index (χ3n) is 4.32. The molecule has 0 spiro atoms. The van der Waals surface area contributed by atoms with E-state index in [9.17, 15) is 13.2 Å². The first-order valence-electron chi connectivity index (χ1n) is 7.96. The second-order valence-electron chi connectivity index (χ2n) is 6.15. The van der Waals surface area contributed by atoms with Crippen LogP contribution in [-0.4, -0.2) is 59.3 Å². The number of hydrogen-bond donors (Lipinski definition) is 0. The summed E-state index contributed by atoms with van der Waals surface area (Å²) in [6.07, 6.45) is 0. The molecule has 2 aromatic rings.